The van der Waals surface area contributed by atoms with Gasteiger partial charge in [-0.1, -0.05) is 36.8 Å². The molecule has 3 unspecified atom stereocenters. The first-order valence-corrected chi connectivity index (χ1v) is 5.00. The normalized spacial score (nSPS) is 28.5. The van der Waals surface area contributed by atoms with Gasteiger partial charge in [-0.05, 0) is 30.7 Å². The first kappa shape index (κ1) is 8.76. The zero-order valence-electron chi connectivity index (χ0n) is 8.33. The summed E-state index contributed by atoms with van der Waals surface area (Å²) >= 11 is 0. The second-order valence-electron chi connectivity index (χ2n) is 4.32. The first-order chi connectivity index (χ1) is 6.18. The van der Waals surface area contributed by atoms with Crippen LogP contribution in [0.2, 0.25) is 0 Å². The minimum absolute atomic E-state index is 0.259. The molecule has 0 amide bonds. The predicted molar refractivity (Wildman–Crippen MR) is 55.4 cm³/mol. The van der Waals surface area contributed by atoms with E-state index in [1.165, 1.54) is 17.5 Å². The average Bonchev–Trinajstić information content (AvgIpc) is 2.81. The van der Waals surface area contributed by atoms with Crippen LogP contribution in [0.4, 0.5) is 0 Å². The number of hydrogen-bond donors (Lipinski definition) is 1. The standard InChI is InChI=1S/C12H17N/c1-8-4-3-5-10(6-8)12(13)11-7-9(11)2/h3-6,9,11-12H,7,13H2,1-2H3. The Morgan fingerprint density at radius 1 is 1.46 bits per heavy atom. The number of nitrogens with two attached hydrogens (primary N) is 1. The third-order valence-corrected chi connectivity index (χ3v) is 3.06. The molecule has 1 heteroatoms. The third-order valence-electron chi connectivity index (χ3n) is 3.06. The van der Waals surface area contributed by atoms with Crippen LogP contribution < -0.4 is 5.73 Å². The molecule has 0 heterocycles. The lowest BCUT2D eigenvalue weighted by atomic mass is 10.0. The molecule has 1 fully saturated rings. The molecule has 1 saturated carbocycles. The lowest BCUT2D eigenvalue weighted by Gasteiger charge is -2.11. The third kappa shape index (κ3) is 1.75. The van der Waals surface area contributed by atoms with Gasteiger partial charge in [0.25, 0.3) is 0 Å². The van der Waals surface area contributed by atoms with Crippen LogP contribution in [0.25, 0.3) is 0 Å². The highest BCUT2D eigenvalue weighted by molar-refractivity contribution is 5.26. The first-order valence-electron chi connectivity index (χ1n) is 5.00. The molecule has 0 radical (unpaired) electrons. The minimum atomic E-state index is 0.259. The fraction of sp³-hybridized carbons (Fsp3) is 0.500. The van der Waals surface area contributed by atoms with E-state index in [-0.39, 0.29) is 6.04 Å². The van der Waals surface area contributed by atoms with Gasteiger partial charge in [-0.2, -0.15) is 0 Å². The van der Waals surface area contributed by atoms with Gasteiger partial charge in [0.15, 0.2) is 0 Å². The molecule has 0 spiro atoms. The van der Waals surface area contributed by atoms with E-state index in [1.807, 2.05) is 0 Å². The van der Waals surface area contributed by atoms with Crippen molar-refractivity contribution in [2.75, 3.05) is 0 Å². The zero-order valence-corrected chi connectivity index (χ0v) is 8.33. The Labute approximate surface area is 80.0 Å². The average molecular weight is 175 g/mol. The maximum atomic E-state index is 6.16. The quantitative estimate of drug-likeness (QED) is 0.734. The van der Waals surface area contributed by atoms with E-state index in [2.05, 4.69) is 38.1 Å². The minimum Gasteiger partial charge on any atom is -0.324 e. The monoisotopic (exact) mass is 175 g/mol. The molecule has 70 valence electrons. The largest absolute Gasteiger partial charge is 0.324 e. The Balaban J connectivity index is 2.15. The van der Waals surface area contributed by atoms with E-state index in [4.69, 9.17) is 5.73 Å². The Morgan fingerprint density at radius 2 is 2.15 bits per heavy atom. The van der Waals surface area contributed by atoms with Crippen molar-refractivity contribution in [2.24, 2.45) is 17.6 Å². The molecule has 1 aromatic carbocycles. The van der Waals surface area contributed by atoms with Crippen LogP contribution in [0.1, 0.15) is 30.5 Å². The van der Waals surface area contributed by atoms with Gasteiger partial charge in [-0.15, -0.1) is 0 Å². The van der Waals surface area contributed by atoms with Crippen LogP contribution in [0.3, 0.4) is 0 Å². The van der Waals surface area contributed by atoms with Crippen LogP contribution in [0.5, 0.6) is 0 Å². The van der Waals surface area contributed by atoms with Crippen molar-refractivity contribution in [1.82, 2.24) is 0 Å². The molecule has 1 aromatic rings. The number of aryl methyl sites for hydroxylation is 1. The molecule has 2 rings (SSSR count). The number of hydrogen-bond acceptors (Lipinski definition) is 1. The van der Waals surface area contributed by atoms with Crippen molar-refractivity contribution in [3.8, 4) is 0 Å². The van der Waals surface area contributed by atoms with E-state index in [9.17, 15) is 0 Å². The maximum absolute atomic E-state index is 6.16. The molecule has 0 bridgehead atoms. The summed E-state index contributed by atoms with van der Waals surface area (Å²) in [6.45, 7) is 4.40. The van der Waals surface area contributed by atoms with Gasteiger partial charge in [0, 0.05) is 6.04 Å². The molecular formula is C12H17N. The Bertz CT molecular complexity index is 306. The van der Waals surface area contributed by atoms with Gasteiger partial charge < -0.3 is 5.73 Å². The molecule has 0 aromatic heterocycles. The lowest BCUT2D eigenvalue weighted by molar-refractivity contribution is 0.593. The molecular weight excluding hydrogens is 158 g/mol. The lowest BCUT2D eigenvalue weighted by Crippen LogP contribution is -2.13. The van der Waals surface area contributed by atoms with Crippen LogP contribution in [-0.4, -0.2) is 0 Å². The summed E-state index contributed by atoms with van der Waals surface area (Å²) in [5, 5.41) is 0. The summed E-state index contributed by atoms with van der Waals surface area (Å²) in [5.41, 5.74) is 8.77. The predicted octanol–water partition coefficient (Wildman–Crippen LogP) is 2.65. The number of rotatable bonds is 2. The van der Waals surface area contributed by atoms with Crippen molar-refractivity contribution in [3.05, 3.63) is 35.4 Å². The summed E-state index contributed by atoms with van der Waals surface area (Å²) in [6.07, 6.45) is 1.30. The van der Waals surface area contributed by atoms with Crippen molar-refractivity contribution in [3.63, 3.8) is 0 Å². The summed E-state index contributed by atoms with van der Waals surface area (Å²) in [5.74, 6) is 1.55. The zero-order chi connectivity index (χ0) is 9.42. The molecule has 3 atom stereocenters. The maximum Gasteiger partial charge on any atom is 0.0326 e. The molecule has 1 aliphatic carbocycles. The molecule has 13 heavy (non-hydrogen) atoms. The van der Waals surface area contributed by atoms with Crippen LogP contribution in [0, 0.1) is 18.8 Å². The highest BCUT2D eigenvalue weighted by Gasteiger charge is 2.38. The fourth-order valence-corrected chi connectivity index (χ4v) is 1.98. The van der Waals surface area contributed by atoms with Gasteiger partial charge in [-0.3, -0.25) is 0 Å². The van der Waals surface area contributed by atoms with Gasteiger partial charge in [-0.25, -0.2) is 0 Å². The molecule has 1 aliphatic rings. The fourth-order valence-electron chi connectivity index (χ4n) is 1.98. The summed E-state index contributed by atoms with van der Waals surface area (Å²) in [6, 6.07) is 8.82. The smallest absolute Gasteiger partial charge is 0.0326 e. The van der Waals surface area contributed by atoms with Crippen LogP contribution in [0.15, 0.2) is 24.3 Å². The molecule has 1 nitrogen and oxygen atoms in total. The van der Waals surface area contributed by atoms with Gasteiger partial charge in [0.05, 0.1) is 0 Å². The summed E-state index contributed by atoms with van der Waals surface area (Å²) in [4.78, 5) is 0. The van der Waals surface area contributed by atoms with Crippen molar-refractivity contribution >= 4 is 0 Å². The second kappa shape index (κ2) is 3.15. The van der Waals surface area contributed by atoms with Gasteiger partial charge in [0.1, 0.15) is 0 Å². The molecule has 0 saturated heterocycles. The van der Waals surface area contributed by atoms with Gasteiger partial charge >= 0.3 is 0 Å². The summed E-state index contributed by atoms with van der Waals surface area (Å²) in [7, 11) is 0. The van der Waals surface area contributed by atoms with Gasteiger partial charge in [0.2, 0.25) is 0 Å². The van der Waals surface area contributed by atoms with Crippen molar-refractivity contribution in [1.29, 1.82) is 0 Å². The Kier molecular flexibility index (Phi) is 2.12. The van der Waals surface area contributed by atoms with Crippen LogP contribution >= 0.6 is 0 Å². The topological polar surface area (TPSA) is 26.0 Å². The SMILES string of the molecule is Cc1cccc(C(N)C2CC2C)c1. The highest BCUT2D eigenvalue weighted by atomic mass is 14.7. The number of benzene rings is 1. The Morgan fingerprint density at radius 3 is 2.69 bits per heavy atom. The van der Waals surface area contributed by atoms with Crippen LogP contribution in [-0.2, 0) is 0 Å². The van der Waals surface area contributed by atoms with E-state index in [1.54, 1.807) is 0 Å². The molecule has 0 aliphatic heterocycles. The van der Waals surface area contributed by atoms with Crippen molar-refractivity contribution in [2.45, 2.75) is 26.3 Å². The van der Waals surface area contributed by atoms with E-state index in [0.717, 1.165) is 11.8 Å². The highest BCUT2D eigenvalue weighted by Crippen LogP contribution is 2.45. The molecule has 2 N–H and O–H groups in total. The summed E-state index contributed by atoms with van der Waals surface area (Å²) < 4.78 is 0. The van der Waals surface area contributed by atoms with Crippen molar-refractivity contribution < 1.29 is 0 Å². The second-order valence-corrected chi connectivity index (χ2v) is 4.32. The van der Waals surface area contributed by atoms with E-state index >= 15 is 0 Å². The Hall–Kier alpha value is -0.820. The van der Waals surface area contributed by atoms with E-state index in [0.29, 0.717) is 0 Å². The van der Waals surface area contributed by atoms with E-state index < -0.39 is 0 Å².